The highest BCUT2D eigenvalue weighted by atomic mass is 16.2. The molecule has 9 heteroatoms. The lowest BCUT2D eigenvalue weighted by molar-refractivity contribution is -0.123. The molecule has 0 unspecified atom stereocenters. The van der Waals surface area contributed by atoms with Crippen molar-refractivity contribution in [2.24, 2.45) is 14.1 Å². The van der Waals surface area contributed by atoms with Gasteiger partial charge in [0.25, 0.3) is 5.56 Å². The van der Waals surface area contributed by atoms with Gasteiger partial charge in [0, 0.05) is 14.1 Å². The Morgan fingerprint density at radius 1 is 1.28 bits per heavy atom. The van der Waals surface area contributed by atoms with E-state index in [9.17, 15) is 19.6 Å². The fraction of sp³-hybridized carbons (Fsp3) is 0.562. The number of nitrogens with zero attached hydrogens (tertiary/aromatic N) is 5. The number of fused-ring (bicyclic) bond motifs is 1. The van der Waals surface area contributed by atoms with Gasteiger partial charge in [-0.1, -0.05) is 19.3 Å². The number of nitrogens with one attached hydrogen (secondary N) is 1. The Morgan fingerprint density at radius 2 is 1.96 bits per heavy atom. The zero-order valence-electron chi connectivity index (χ0n) is 14.3. The Labute approximate surface area is 143 Å². The molecule has 1 amide bonds. The lowest BCUT2D eigenvalue weighted by atomic mass is 9.83. The normalized spacial score (nSPS) is 16.5. The van der Waals surface area contributed by atoms with E-state index in [2.05, 4.69) is 16.4 Å². The van der Waals surface area contributed by atoms with Gasteiger partial charge in [0.15, 0.2) is 11.2 Å². The minimum Gasteiger partial charge on any atom is -0.336 e. The summed E-state index contributed by atoms with van der Waals surface area (Å²) < 4.78 is 3.67. The number of rotatable bonds is 3. The maximum absolute atomic E-state index is 12.4. The summed E-state index contributed by atoms with van der Waals surface area (Å²) in [6, 6.07) is 2.23. The van der Waals surface area contributed by atoms with E-state index in [0.29, 0.717) is 12.8 Å². The molecule has 3 rings (SSSR count). The molecular formula is C16H20N6O3. The van der Waals surface area contributed by atoms with E-state index in [1.54, 1.807) is 0 Å². The minimum absolute atomic E-state index is 0.132. The van der Waals surface area contributed by atoms with Crippen LogP contribution in [-0.4, -0.2) is 30.1 Å². The van der Waals surface area contributed by atoms with Crippen LogP contribution >= 0.6 is 0 Å². The zero-order valence-corrected chi connectivity index (χ0v) is 14.3. The number of hydrogen-bond acceptors (Lipinski definition) is 5. The average molecular weight is 344 g/mol. The second-order valence-electron chi connectivity index (χ2n) is 6.55. The van der Waals surface area contributed by atoms with Gasteiger partial charge in [0.1, 0.15) is 12.1 Å². The first-order valence-electron chi connectivity index (χ1n) is 8.22. The number of nitriles is 1. The molecule has 2 aromatic heterocycles. The van der Waals surface area contributed by atoms with Crippen molar-refractivity contribution in [3.63, 3.8) is 0 Å². The van der Waals surface area contributed by atoms with Gasteiger partial charge >= 0.3 is 5.69 Å². The Kier molecular flexibility index (Phi) is 4.20. The topological polar surface area (TPSA) is 115 Å². The molecule has 1 fully saturated rings. The molecule has 2 heterocycles. The van der Waals surface area contributed by atoms with Gasteiger partial charge in [-0.2, -0.15) is 5.26 Å². The van der Waals surface area contributed by atoms with Crippen molar-refractivity contribution in [3.8, 4) is 6.07 Å². The molecule has 0 atom stereocenters. The van der Waals surface area contributed by atoms with Crippen LogP contribution in [-0.2, 0) is 25.4 Å². The summed E-state index contributed by atoms with van der Waals surface area (Å²) in [6.45, 7) is -0.132. The van der Waals surface area contributed by atoms with Crippen molar-refractivity contribution in [1.29, 1.82) is 5.26 Å². The number of hydrogen-bond donors (Lipinski definition) is 1. The summed E-state index contributed by atoms with van der Waals surface area (Å²) in [5, 5.41) is 12.3. The fourth-order valence-corrected chi connectivity index (χ4v) is 3.40. The Balaban J connectivity index is 1.91. The highest BCUT2D eigenvalue weighted by Gasteiger charge is 2.33. The smallest absolute Gasteiger partial charge is 0.332 e. The molecule has 1 N–H and O–H groups in total. The maximum atomic E-state index is 12.4. The van der Waals surface area contributed by atoms with E-state index in [1.807, 2.05) is 0 Å². The number of amides is 1. The third-order valence-corrected chi connectivity index (χ3v) is 4.83. The van der Waals surface area contributed by atoms with Crippen molar-refractivity contribution in [1.82, 2.24) is 24.0 Å². The molecule has 0 aliphatic heterocycles. The van der Waals surface area contributed by atoms with Crippen LogP contribution in [0, 0.1) is 11.3 Å². The molecule has 1 aliphatic rings. The van der Waals surface area contributed by atoms with Crippen molar-refractivity contribution in [2.45, 2.75) is 44.2 Å². The number of carbonyl (C=O) groups excluding carboxylic acids is 1. The van der Waals surface area contributed by atoms with Gasteiger partial charge in [0.2, 0.25) is 5.91 Å². The van der Waals surface area contributed by atoms with Gasteiger partial charge in [-0.05, 0) is 12.8 Å². The van der Waals surface area contributed by atoms with E-state index in [1.165, 1.54) is 29.6 Å². The van der Waals surface area contributed by atoms with Crippen LogP contribution in [0.15, 0.2) is 15.9 Å². The molecule has 0 spiro atoms. The number of aromatic nitrogens is 4. The van der Waals surface area contributed by atoms with E-state index < -0.39 is 16.8 Å². The van der Waals surface area contributed by atoms with E-state index in [-0.39, 0.29) is 23.6 Å². The van der Waals surface area contributed by atoms with Crippen LogP contribution in [0.2, 0.25) is 0 Å². The van der Waals surface area contributed by atoms with Crippen LogP contribution in [0.4, 0.5) is 0 Å². The molecule has 25 heavy (non-hydrogen) atoms. The molecule has 1 aliphatic carbocycles. The van der Waals surface area contributed by atoms with Crippen molar-refractivity contribution in [3.05, 3.63) is 27.2 Å². The molecule has 132 valence electrons. The summed E-state index contributed by atoms with van der Waals surface area (Å²) >= 11 is 0. The monoisotopic (exact) mass is 344 g/mol. The van der Waals surface area contributed by atoms with Crippen LogP contribution < -0.4 is 16.6 Å². The van der Waals surface area contributed by atoms with E-state index in [4.69, 9.17) is 0 Å². The molecule has 0 aromatic carbocycles. The second kappa shape index (κ2) is 6.20. The van der Waals surface area contributed by atoms with Gasteiger partial charge in [-0.3, -0.25) is 18.7 Å². The van der Waals surface area contributed by atoms with Gasteiger partial charge < -0.3 is 9.88 Å². The Bertz CT molecular complexity index is 984. The summed E-state index contributed by atoms with van der Waals surface area (Å²) in [7, 11) is 2.91. The summed E-state index contributed by atoms with van der Waals surface area (Å²) in [6.07, 6.45) is 5.52. The largest absolute Gasteiger partial charge is 0.336 e. The first-order valence-corrected chi connectivity index (χ1v) is 8.22. The Morgan fingerprint density at radius 3 is 2.60 bits per heavy atom. The van der Waals surface area contributed by atoms with Crippen LogP contribution in [0.5, 0.6) is 0 Å². The second-order valence-corrected chi connectivity index (χ2v) is 6.55. The van der Waals surface area contributed by atoms with Crippen molar-refractivity contribution >= 4 is 17.1 Å². The van der Waals surface area contributed by atoms with Gasteiger partial charge in [-0.15, -0.1) is 0 Å². The minimum atomic E-state index is -0.830. The first-order chi connectivity index (χ1) is 11.9. The highest BCUT2D eigenvalue weighted by molar-refractivity contribution is 5.79. The van der Waals surface area contributed by atoms with Crippen molar-refractivity contribution in [2.75, 3.05) is 0 Å². The predicted molar refractivity (Wildman–Crippen MR) is 89.8 cm³/mol. The number of aryl methyl sites for hydroxylation is 1. The average Bonchev–Trinajstić information content (AvgIpc) is 3.02. The van der Waals surface area contributed by atoms with Gasteiger partial charge in [-0.25, -0.2) is 9.78 Å². The first kappa shape index (κ1) is 17.0. The van der Waals surface area contributed by atoms with Crippen LogP contribution in [0.1, 0.15) is 32.1 Å². The summed E-state index contributed by atoms with van der Waals surface area (Å²) in [5.74, 6) is -0.348. The number of imidazole rings is 1. The third kappa shape index (κ3) is 2.84. The van der Waals surface area contributed by atoms with E-state index >= 15 is 0 Å². The van der Waals surface area contributed by atoms with Crippen LogP contribution in [0.25, 0.3) is 11.2 Å². The summed E-state index contributed by atoms with van der Waals surface area (Å²) in [4.78, 5) is 40.9. The molecule has 9 nitrogen and oxygen atoms in total. The van der Waals surface area contributed by atoms with Crippen molar-refractivity contribution < 1.29 is 4.79 Å². The Hall–Kier alpha value is -2.89. The van der Waals surface area contributed by atoms with E-state index in [0.717, 1.165) is 23.8 Å². The molecule has 0 saturated heterocycles. The van der Waals surface area contributed by atoms with Gasteiger partial charge in [0.05, 0.1) is 12.4 Å². The van der Waals surface area contributed by atoms with Crippen LogP contribution in [0.3, 0.4) is 0 Å². The maximum Gasteiger partial charge on any atom is 0.332 e. The predicted octanol–water partition coefficient (Wildman–Crippen LogP) is -0.224. The fourth-order valence-electron chi connectivity index (χ4n) is 3.40. The summed E-state index contributed by atoms with van der Waals surface area (Å²) in [5.41, 5.74) is -1.39. The lowest BCUT2D eigenvalue weighted by Crippen LogP contribution is -2.49. The number of carbonyl (C=O) groups is 1. The molecular weight excluding hydrogens is 324 g/mol. The molecule has 1 saturated carbocycles. The SMILES string of the molecule is Cn1c(=O)c2c(ncn2CC(=O)NC2(C#N)CCCCC2)n(C)c1=O. The zero-order chi connectivity index (χ0) is 18.2. The molecule has 2 aromatic rings. The molecule has 0 radical (unpaired) electrons. The lowest BCUT2D eigenvalue weighted by Gasteiger charge is -2.31. The quantitative estimate of drug-likeness (QED) is 0.826. The molecule has 0 bridgehead atoms. The third-order valence-electron chi connectivity index (χ3n) is 4.83. The highest BCUT2D eigenvalue weighted by Crippen LogP contribution is 2.27. The standard InChI is InChI=1S/C16H20N6O3/c1-20-13-12(14(24)21(2)15(20)25)22(10-18-13)8-11(23)19-16(9-17)6-4-3-5-7-16/h10H,3-8H2,1-2H3,(H,19,23).